The number of carbonyl (C=O) groups excluding carboxylic acids is 1. The molecule has 2 aromatic rings. The van der Waals surface area contributed by atoms with Crippen LogP contribution in [0.2, 0.25) is 0 Å². The summed E-state index contributed by atoms with van der Waals surface area (Å²) in [7, 11) is 0. The van der Waals surface area contributed by atoms with Gasteiger partial charge in [0.15, 0.2) is 0 Å². The zero-order chi connectivity index (χ0) is 19.3. The third-order valence-corrected chi connectivity index (χ3v) is 5.47. The fourth-order valence-electron chi connectivity index (χ4n) is 4.11. The van der Waals surface area contributed by atoms with Crippen LogP contribution in [0.15, 0.2) is 36.4 Å². The first-order valence-corrected chi connectivity index (χ1v) is 9.42. The highest BCUT2D eigenvalue weighted by Gasteiger charge is 2.41. The first-order valence-electron chi connectivity index (χ1n) is 9.92. The second-order valence-corrected chi connectivity index (χ2v) is 7.25. The first kappa shape index (κ1) is 15.7. The van der Waals surface area contributed by atoms with Gasteiger partial charge in [-0.1, -0.05) is 35.4 Å². The normalized spacial score (nSPS) is 21.0. The molecule has 2 aliphatic heterocycles. The van der Waals surface area contributed by atoms with Crippen LogP contribution in [-0.4, -0.2) is 30.6 Å². The minimum atomic E-state index is -1.45. The van der Waals surface area contributed by atoms with Crippen molar-refractivity contribution in [3.05, 3.63) is 58.7 Å². The molecule has 0 aromatic heterocycles. The number of rotatable bonds is 3. The number of nitrogens with zero attached hydrogens (tertiary/aromatic N) is 3. The largest absolute Gasteiger partial charge is 0.349 e. The molecule has 0 fully saturated rings. The molecule has 0 saturated carbocycles. The maximum absolute atomic E-state index is 13.6. The summed E-state index contributed by atoms with van der Waals surface area (Å²) in [5.74, 6) is -0.146. The van der Waals surface area contributed by atoms with Crippen LogP contribution in [-0.2, 0) is 11.3 Å². The van der Waals surface area contributed by atoms with Gasteiger partial charge in [-0.3, -0.25) is 4.79 Å². The van der Waals surface area contributed by atoms with Crippen LogP contribution in [0.25, 0.3) is 0 Å². The van der Waals surface area contributed by atoms with Gasteiger partial charge in [-0.05, 0) is 45.4 Å². The average Bonchev–Trinajstić information content (AvgIpc) is 2.66. The molecule has 0 N–H and O–H groups in total. The fourth-order valence-corrected chi connectivity index (χ4v) is 4.11. The number of likely N-dealkylation sites (N-methyl/N-ethyl adjacent to an activating group) is 1. The number of hydrogen-bond acceptors (Lipinski definition) is 3. The smallest absolute Gasteiger partial charge is 0.250 e. The lowest BCUT2D eigenvalue weighted by Crippen LogP contribution is -2.53. The fraction of sp³-hybridized carbons (Fsp3) is 0.409. The molecule has 1 atom stereocenters. The lowest BCUT2D eigenvalue weighted by atomic mass is 9.92. The number of fused-ring (bicyclic) bond motifs is 6. The van der Waals surface area contributed by atoms with Crippen LogP contribution in [0.4, 0.5) is 11.4 Å². The van der Waals surface area contributed by atoms with Gasteiger partial charge < -0.3 is 14.7 Å². The third kappa shape index (κ3) is 2.56. The van der Waals surface area contributed by atoms with E-state index in [1.807, 2.05) is 31.7 Å². The summed E-state index contributed by atoms with van der Waals surface area (Å²) in [6.07, 6.45) is 0. The quantitative estimate of drug-likeness (QED) is 0.837. The number of anilines is 2. The predicted molar refractivity (Wildman–Crippen MR) is 107 cm³/mol. The van der Waals surface area contributed by atoms with E-state index in [-0.39, 0.29) is 5.91 Å². The Hall–Kier alpha value is -2.49. The van der Waals surface area contributed by atoms with Crippen LogP contribution in [0.1, 0.15) is 43.5 Å². The van der Waals surface area contributed by atoms with E-state index in [1.54, 1.807) is 4.90 Å². The van der Waals surface area contributed by atoms with Crippen molar-refractivity contribution in [3.63, 3.8) is 0 Å². The highest BCUT2D eigenvalue weighted by Crippen LogP contribution is 2.45. The van der Waals surface area contributed by atoms with Crippen molar-refractivity contribution in [1.29, 1.82) is 0 Å². The highest BCUT2D eigenvalue weighted by atomic mass is 16.2. The Bertz CT molecular complexity index is 908. The summed E-state index contributed by atoms with van der Waals surface area (Å²) < 4.78 is 9.52. The summed E-state index contributed by atoms with van der Waals surface area (Å²) in [6.45, 7) is 10.6. The van der Waals surface area contributed by atoms with Crippen molar-refractivity contribution in [2.24, 2.45) is 0 Å². The van der Waals surface area contributed by atoms with E-state index in [0.29, 0.717) is 19.8 Å². The monoisotopic (exact) mass is 350 g/mol. The van der Waals surface area contributed by atoms with E-state index < -0.39 is 6.02 Å². The molecule has 4 rings (SSSR count). The van der Waals surface area contributed by atoms with Gasteiger partial charge in [-0.15, -0.1) is 0 Å². The molecule has 0 unspecified atom stereocenters. The molecule has 2 aromatic carbocycles. The van der Waals surface area contributed by atoms with E-state index in [4.69, 9.17) is 0 Å². The van der Waals surface area contributed by atoms with Crippen molar-refractivity contribution in [3.8, 4) is 0 Å². The minimum absolute atomic E-state index is 0.146. The van der Waals surface area contributed by atoms with Gasteiger partial charge in [-0.25, -0.2) is 0 Å². The van der Waals surface area contributed by atoms with Crippen molar-refractivity contribution in [2.75, 3.05) is 29.6 Å². The van der Waals surface area contributed by atoms with Crippen molar-refractivity contribution in [1.82, 2.24) is 4.90 Å². The predicted octanol–water partition coefficient (Wildman–Crippen LogP) is 4.01. The van der Waals surface area contributed by atoms with Gasteiger partial charge in [0.05, 0.1) is 8.04 Å². The molecule has 26 heavy (non-hydrogen) atoms. The van der Waals surface area contributed by atoms with Crippen LogP contribution in [0.3, 0.4) is 0 Å². The van der Waals surface area contributed by atoms with Crippen LogP contribution in [0, 0.1) is 13.8 Å². The minimum Gasteiger partial charge on any atom is -0.349 e. The molecule has 0 aliphatic carbocycles. The van der Waals surface area contributed by atoms with E-state index in [1.165, 1.54) is 11.1 Å². The molecule has 136 valence electrons. The first-order chi connectivity index (χ1) is 12.9. The SMILES string of the molecule is [2H][C@]1(C(=O)N(CC)CC)c2cc(C)ccc2N2Cc3cc(C)ccc3N1C2. The zero-order valence-electron chi connectivity index (χ0n) is 17.0. The van der Waals surface area contributed by atoms with E-state index in [0.717, 1.165) is 29.0 Å². The summed E-state index contributed by atoms with van der Waals surface area (Å²) in [4.78, 5) is 19.6. The molecule has 0 radical (unpaired) electrons. The van der Waals surface area contributed by atoms with Crippen molar-refractivity contribution in [2.45, 2.75) is 40.3 Å². The Morgan fingerprint density at radius 2 is 1.77 bits per heavy atom. The second kappa shape index (κ2) is 6.35. The summed E-state index contributed by atoms with van der Waals surface area (Å²) in [6, 6.07) is 11.0. The molecular formula is C22H27N3O. The van der Waals surface area contributed by atoms with E-state index in [2.05, 4.69) is 42.2 Å². The molecule has 0 spiro atoms. The maximum Gasteiger partial charge on any atom is 0.250 e. The van der Waals surface area contributed by atoms with E-state index >= 15 is 0 Å². The Morgan fingerprint density at radius 1 is 1.12 bits per heavy atom. The summed E-state index contributed by atoms with van der Waals surface area (Å²) in [5.41, 5.74) is 6.24. The Balaban J connectivity index is 1.96. The van der Waals surface area contributed by atoms with Crippen molar-refractivity contribution >= 4 is 17.3 Å². The Morgan fingerprint density at radius 3 is 2.46 bits per heavy atom. The molecule has 0 saturated heterocycles. The van der Waals surface area contributed by atoms with Gasteiger partial charge in [0, 0.05) is 36.6 Å². The molecular weight excluding hydrogens is 322 g/mol. The Labute approximate surface area is 157 Å². The van der Waals surface area contributed by atoms with Crippen LogP contribution >= 0.6 is 0 Å². The zero-order valence-corrected chi connectivity index (χ0v) is 16.0. The molecule has 4 nitrogen and oxygen atoms in total. The van der Waals surface area contributed by atoms with Crippen LogP contribution < -0.4 is 9.80 Å². The van der Waals surface area contributed by atoms with E-state index in [9.17, 15) is 6.17 Å². The maximum atomic E-state index is 13.6. The van der Waals surface area contributed by atoms with Gasteiger partial charge >= 0.3 is 0 Å². The summed E-state index contributed by atoms with van der Waals surface area (Å²) >= 11 is 0. The van der Waals surface area contributed by atoms with Gasteiger partial charge in [0.1, 0.15) is 6.02 Å². The molecule has 2 bridgehead atoms. The molecule has 2 heterocycles. The van der Waals surface area contributed by atoms with Crippen LogP contribution in [0.5, 0.6) is 0 Å². The number of aryl methyl sites for hydroxylation is 2. The molecule has 1 amide bonds. The number of amides is 1. The van der Waals surface area contributed by atoms with Crippen molar-refractivity contribution < 1.29 is 6.17 Å². The standard InChI is InChI=1S/C22H27N3O/c1-5-23(6-2)22(26)21-18-12-16(4)8-10-20(18)24-13-17-11-15(3)7-9-19(17)25(21)14-24/h7-12,21H,5-6,13-14H2,1-4H3/t21-/m1/s1/i21D. The molecule has 4 heteroatoms. The number of hydrogen-bond donors (Lipinski definition) is 0. The Kier molecular flexibility index (Phi) is 3.84. The molecule has 2 aliphatic rings. The highest BCUT2D eigenvalue weighted by molar-refractivity contribution is 5.91. The van der Waals surface area contributed by atoms with Gasteiger partial charge in [-0.2, -0.15) is 0 Å². The number of carbonyl (C=O) groups is 1. The number of benzene rings is 2. The lowest BCUT2D eigenvalue weighted by Gasteiger charge is -2.49. The average molecular weight is 350 g/mol. The summed E-state index contributed by atoms with van der Waals surface area (Å²) in [5, 5.41) is 0. The third-order valence-electron chi connectivity index (χ3n) is 5.47. The van der Waals surface area contributed by atoms with Gasteiger partial charge in [0.25, 0.3) is 0 Å². The lowest BCUT2D eigenvalue weighted by molar-refractivity contribution is -0.132. The second-order valence-electron chi connectivity index (χ2n) is 7.25. The topological polar surface area (TPSA) is 26.8 Å². The van der Waals surface area contributed by atoms with Gasteiger partial charge in [0.2, 0.25) is 5.91 Å².